The van der Waals surface area contributed by atoms with E-state index in [4.69, 9.17) is 17.2 Å². The van der Waals surface area contributed by atoms with Gasteiger partial charge in [-0.2, -0.15) is 0 Å². The van der Waals surface area contributed by atoms with E-state index in [1.165, 1.54) is 24.5 Å². The van der Waals surface area contributed by atoms with Crippen LogP contribution in [0.25, 0.3) is 11.4 Å². The summed E-state index contributed by atoms with van der Waals surface area (Å²) in [6.45, 7) is 1.21. The first-order valence-electron chi connectivity index (χ1n) is 9.81. The molecule has 0 spiro atoms. The molecule has 1 amide bonds. The van der Waals surface area contributed by atoms with Gasteiger partial charge in [0.05, 0.1) is 35.0 Å². The molecule has 10 heteroatoms. The number of hydrogen-bond donors (Lipinski definition) is 4. The first kappa shape index (κ1) is 20.6. The maximum atomic E-state index is 14.1. The summed E-state index contributed by atoms with van der Waals surface area (Å²) in [5.74, 6) is -0.986. The van der Waals surface area contributed by atoms with E-state index < -0.39 is 11.7 Å². The molecule has 0 saturated carbocycles. The normalized spacial score (nSPS) is 18.6. The lowest BCUT2D eigenvalue weighted by Gasteiger charge is -2.37. The highest BCUT2D eigenvalue weighted by Gasteiger charge is 2.25. The topological polar surface area (TPSA) is 149 Å². The Bertz CT molecular complexity index is 1100. The van der Waals surface area contributed by atoms with Crippen LogP contribution in [-0.2, 0) is 0 Å². The molecule has 3 heterocycles. The Morgan fingerprint density at radius 1 is 1.13 bits per heavy atom. The molecule has 1 aliphatic rings. The van der Waals surface area contributed by atoms with Crippen molar-refractivity contribution in [2.24, 2.45) is 11.5 Å². The molecule has 1 aromatic carbocycles. The first-order chi connectivity index (χ1) is 14.9. The summed E-state index contributed by atoms with van der Waals surface area (Å²) in [5.41, 5.74) is 19.6. The van der Waals surface area contributed by atoms with Crippen molar-refractivity contribution in [1.82, 2.24) is 15.0 Å². The standard InChI is InChI=1S/C21H23FN8O/c22-15-4-2-1-3-14(15)20-27-8-16(25)19(29-20)21(31)28-17-9-26-6-5-18(17)30-10-12(23)7-13(24)11-30/h1-6,8-9,12-13H,7,10-11,23-25H2,(H,28,31)/t12-,13+. The van der Waals surface area contributed by atoms with E-state index >= 15 is 0 Å². The van der Waals surface area contributed by atoms with Gasteiger partial charge in [-0.15, -0.1) is 0 Å². The molecular weight excluding hydrogens is 399 g/mol. The molecule has 1 fully saturated rings. The number of nitrogens with two attached hydrogens (primary N) is 3. The summed E-state index contributed by atoms with van der Waals surface area (Å²) < 4.78 is 14.1. The highest BCUT2D eigenvalue weighted by Crippen LogP contribution is 2.28. The number of rotatable bonds is 4. The number of piperidine rings is 1. The van der Waals surface area contributed by atoms with Crippen molar-refractivity contribution in [2.75, 3.05) is 29.0 Å². The molecule has 3 aromatic rings. The maximum Gasteiger partial charge on any atom is 0.276 e. The van der Waals surface area contributed by atoms with Crippen LogP contribution in [0.3, 0.4) is 0 Å². The van der Waals surface area contributed by atoms with Crippen molar-refractivity contribution in [2.45, 2.75) is 18.5 Å². The summed E-state index contributed by atoms with van der Waals surface area (Å²) in [4.78, 5) is 27.4. The largest absolute Gasteiger partial charge is 0.396 e. The van der Waals surface area contributed by atoms with E-state index in [1.807, 2.05) is 4.90 Å². The summed E-state index contributed by atoms with van der Waals surface area (Å²) in [6.07, 6.45) is 5.19. The van der Waals surface area contributed by atoms with Crippen LogP contribution >= 0.6 is 0 Å². The molecule has 160 valence electrons. The van der Waals surface area contributed by atoms with Crippen molar-refractivity contribution in [3.05, 3.63) is 60.4 Å². The minimum atomic E-state index is -0.558. The van der Waals surface area contributed by atoms with Crippen LogP contribution in [0.15, 0.2) is 48.9 Å². The van der Waals surface area contributed by atoms with Gasteiger partial charge in [-0.3, -0.25) is 9.78 Å². The number of amides is 1. The Morgan fingerprint density at radius 2 is 1.87 bits per heavy atom. The van der Waals surface area contributed by atoms with E-state index in [1.54, 1.807) is 24.4 Å². The average Bonchev–Trinajstić information content (AvgIpc) is 2.74. The molecule has 0 bridgehead atoms. The second-order valence-electron chi connectivity index (χ2n) is 7.49. The molecule has 9 nitrogen and oxygen atoms in total. The van der Waals surface area contributed by atoms with Crippen molar-refractivity contribution in [3.63, 3.8) is 0 Å². The van der Waals surface area contributed by atoms with Gasteiger partial charge in [0.1, 0.15) is 5.82 Å². The monoisotopic (exact) mass is 422 g/mol. The molecule has 31 heavy (non-hydrogen) atoms. The number of hydrogen-bond acceptors (Lipinski definition) is 8. The number of nitrogens with zero attached hydrogens (tertiary/aromatic N) is 4. The molecule has 0 aliphatic carbocycles. The molecule has 2 atom stereocenters. The number of aromatic nitrogens is 3. The van der Waals surface area contributed by atoms with Crippen LogP contribution in [-0.4, -0.2) is 46.0 Å². The number of benzene rings is 1. The van der Waals surface area contributed by atoms with Crippen molar-refractivity contribution in [1.29, 1.82) is 0 Å². The Balaban J connectivity index is 1.63. The highest BCUT2D eigenvalue weighted by molar-refractivity contribution is 6.07. The van der Waals surface area contributed by atoms with Gasteiger partial charge in [-0.1, -0.05) is 12.1 Å². The predicted molar refractivity (Wildman–Crippen MR) is 117 cm³/mol. The second kappa shape index (κ2) is 8.62. The molecule has 1 saturated heterocycles. The van der Waals surface area contributed by atoms with Gasteiger partial charge in [0, 0.05) is 31.4 Å². The van der Waals surface area contributed by atoms with Crippen molar-refractivity contribution >= 4 is 23.0 Å². The van der Waals surface area contributed by atoms with Crippen molar-refractivity contribution in [3.8, 4) is 11.4 Å². The van der Waals surface area contributed by atoms with Crippen LogP contribution in [0.2, 0.25) is 0 Å². The zero-order chi connectivity index (χ0) is 22.0. The molecule has 4 rings (SSSR count). The van der Waals surface area contributed by atoms with Crippen LogP contribution in [0.1, 0.15) is 16.9 Å². The van der Waals surface area contributed by atoms with Gasteiger partial charge in [-0.05, 0) is 24.6 Å². The first-order valence-corrected chi connectivity index (χ1v) is 9.81. The molecule has 2 aromatic heterocycles. The molecule has 0 radical (unpaired) electrons. The van der Waals surface area contributed by atoms with Gasteiger partial charge in [0.15, 0.2) is 11.5 Å². The summed E-state index contributed by atoms with van der Waals surface area (Å²) in [5, 5.41) is 2.80. The number of carbonyl (C=O) groups excluding carboxylic acids is 1. The summed E-state index contributed by atoms with van der Waals surface area (Å²) in [6, 6.07) is 7.70. The van der Waals surface area contributed by atoms with Gasteiger partial charge < -0.3 is 27.4 Å². The maximum absolute atomic E-state index is 14.1. The zero-order valence-corrected chi connectivity index (χ0v) is 16.7. The van der Waals surface area contributed by atoms with E-state index in [0.717, 1.165) is 12.1 Å². The fourth-order valence-corrected chi connectivity index (χ4v) is 3.66. The fourth-order valence-electron chi connectivity index (χ4n) is 3.66. The molecular formula is C21H23FN8O. The van der Waals surface area contributed by atoms with Crippen LogP contribution in [0.5, 0.6) is 0 Å². The third kappa shape index (κ3) is 4.44. The quantitative estimate of drug-likeness (QED) is 0.493. The minimum Gasteiger partial charge on any atom is -0.396 e. The van der Waals surface area contributed by atoms with E-state index in [-0.39, 0.29) is 34.9 Å². The van der Waals surface area contributed by atoms with E-state index in [2.05, 4.69) is 20.3 Å². The van der Waals surface area contributed by atoms with Crippen LogP contribution in [0.4, 0.5) is 21.5 Å². The van der Waals surface area contributed by atoms with E-state index in [9.17, 15) is 9.18 Å². The van der Waals surface area contributed by atoms with Gasteiger partial charge in [0.2, 0.25) is 0 Å². The van der Waals surface area contributed by atoms with Gasteiger partial charge in [-0.25, -0.2) is 14.4 Å². The van der Waals surface area contributed by atoms with Crippen molar-refractivity contribution < 1.29 is 9.18 Å². The Kier molecular flexibility index (Phi) is 5.74. The number of pyridine rings is 1. The number of anilines is 3. The van der Waals surface area contributed by atoms with Crippen LogP contribution < -0.4 is 27.4 Å². The Morgan fingerprint density at radius 3 is 2.61 bits per heavy atom. The van der Waals surface area contributed by atoms with Crippen LogP contribution in [0, 0.1) is 5.82 Å². The minimum absolute atomic E-state index is 0.0601. The second-order valence-corrected chi connectivity index (χ2v) is 7.49. The predicted octanol–water partition coefficient (Wildman–Crippen LogP) is 1.38. The zero-order valence-electron chi connectivity index (χ0n) is 16.7. The third-order valence-electron chi connectivity index (χ3n) is 5.05. The molecule has 7 N–H and O–H groups in total. The molecule has 0 unspecified atom stereocenters. The smallest absolute Gasteiger partial charge is 0.276 e. The lowest BCUT2D eigenvalue weighted by atomic mass is 10.0. The van der Waals surface area contributed by atoms with Gasteiger partial charge in [0.25, 0.3) is 5.91 Å². The van der Waals surface area contributed by atoms with Gasteiger partial charge >= 0.3 is 0 Å². The van der Waals surface area contributed by atoms with E-state index in [0.29, 0.717) is 18.8 Å². The summed E-state index contributed by atoms with van der Waals surface area (Å²) >= 11 is 0. The third-order valence-corrected chi connectivity index (χ3v) is 5.05. The number of nitrogens with one attached hydrogen (secondary N) is 1. The molecule has 1 aliphatic heterocycles. The lowest BCUT2D eigenvalue weighted by Crippen LogP contribution is -2.52. The number of nitrogen functional groups attached to an aromatic ring is 1. The number of halogens is 1. The lowest BCUT2D eigenvalue weighted by molar-refractivity contribution is 0.102. The number of carbonyl (C=O) groups is 1. The fraction of sp³-hybridized carbons (Fsp3) is 0.238. The summed E-state index contributed by atoms with van der Waals surface area (Å²) in [7, 11) is 0. The Hall–Kier alpha value is -3.63. The Labute approximate surface area is 178 Å². The SMILES string of the molecule is Nc1cnc(-c2ccccc2F)nc1C(=O)Nc1cnccc1N1C[C@H](N)C[C@H](N)C1. The highest BCUT2D eigenvalue weighted by atomic mass is 19.1. The average molecular weight is 422 g/mol.